The van der Waals surface area contributed by atoms with E-state index in [2.05, 4.69) is 83.1 Å². The molecule has 0 amide bonds. The second-order valence-electron chi connectivity index (χ2n) is 19.6. The van der Waals surface area contributed by atoms with Gasteiger partial charge in [-0.1, -0.05) is 0 Å². The van der Waals surface area contributed by atoms with Crippen LogP contribution in [0, 0.1) is 21.7 Å². The molecule has 2 fully saturated rings. The molecule has 0 saturated carbocycles. The molecule has 4 atom stereocenters. The Morgan fingerprint density at radius 3 is 0.745 bits per heavy atom. The SMILES string of the molecule is CC(C)(C)CCCCC1OC(CCCCC(C)(C)C)C(=O)[O][Sn]2([O]C1=O)[O]C(=O)C(CCCCC(C)(C)C)OC(CCCCC(C)(C)C)C(=O)[O]2. The number of hydrogen-bond acceptors (Lipinski definition) is 10. The van der Waals surface area contributed by atoms with Gasteiger partial charge in [-0.2, -0.15) is 0 Å². The van der Waals surface area contributed by atoms with Crippen molar-refractivity contribution in [3.05, 3.63) is 0 Å². The number of rotatable bonds is 16. The zero-order valence-corrected chi connectivity index (χ0v) is 37.1. The fraction of sp³-hybridized carbons (Fsp3) is 0.900. The molecule has 2 aliphatic rings. The van der Waals surface area contributed by atoms with Crippen LogP contribution in [0.15, 0.2) is 0 Å². The molecule has 0 N–H and O–H groups in total. The van der Waals surface area contributed by atoms with Crippen molar-refractivity contribution < 1.29 is 40.9 Å². The fourth-order valence-electron chi connectivity index (χ4n) is 6.18. The summed E-state index contributed by atoms with van der Waals surface area (Å²) in [5, 5.41) is 0. The van der Waals surface area contributed by atoms with Crippen molar-refractivity contribution in [2.45, 2.75) is 210 Å². The van der Waals surface area contributed by atoms with E-state index in [4.69, 9.17) is 21.8 Å². The molecule has 2 aliphatic heterocycles. The van der Waals surface area contributed by atoms with Crippen LogP contribution in [0.3, 0.4) is 0 Å². The topological polar surface area (TPSA) is 124 Å². The van der Waals surface area contributed by atoms with Crippen LogP contribution in [0.2, 0.25) is 0 Å². The summed E-state index contributed by atoms with van der Waals surface area (Å²) in [5.41, 5.74) is 0.492. The Bertz CT molecular complexity index is 949. The normalized spacial score (nSPS) is 25.6. The van der Waals surface area contributed by atoms with Gasteiger partial charge in [-0.05, 0) is 0 Å². The first-order valence-corrected chi connectivity index (χ1v) is 24.3. The van der Waals surface area contributed by atoms with E-state index in [1.807, 2.05) is 0 Å². The fourth-order valence-corrected chi connectivity index (χ4v) is 11.2. The second kappa shape index (κ2) is 19.8. The second-order valence-corrected chi connectivity index (χ2v) is 24.8. The number of carbonyl (C=O) groups is 4. The van der Waals surface area contributed by atoms with E-state index in [0.29, 0.717) is 51.4 Å². The summed E-state index contributed by atoms with van der Waals surface area (Å²) in [4.78, 5) is 55.3. The molecule has 51 heavy (non-hydrogen) atoms. The summed E-state index contributed by atoms with van der Waals surface area (Å²) in [7, 11) is 0. The zero-order valence-electron chi connectivity index (χ0n) is 34.2. The van der Waals surface area contributed by atoms with Gasteiger partial charge in [0.2, 0.25) is 0 Å². The molecule has 296 valence electrons. The van der Waals surface area contributed by atoms with Gasteiger partial charge in [0.15, 0.2) is 0 Å². The quantitative estimate of drug-likeness (QED) is 0.110. The number of carbonyl (C=O) groups excluding carboxylic acids is 4. The molecule has 2 rings (SSSR count). The standard InChI is InChI=1S/2C20H38O5.Sn/c2*1-19(2,3)13-9-7-11-15(17(21)22)25-16(18(23)24)12-8-10-14-20(4,5)6;/h2*15-16H,7-14H2,1-6H3,(H,21,22)(H,23,24);/q;;+4/p-4. The van der Waals surface area contributed by atoms with E-state index < -0.39 is 68.3 Å². The summed E-state index contributed by atoms with van der Waals surface area (Å²) in [5.74, 6) is -3.34. The van der Waals surface area contributed by atoms with E-state index in [1.54, 1.807) is 0 Å². The molecule has 0 aromatic carbocycles. The van der Waals surface area contributed by atoms with Crippen LogP contribution in [0.4, 0.5) is 0 Å². The third kappa shape index (κ3) is 19.0. The van der Waals surface area contributed by atoms with Gasteiger partial charge in [-0.3, -0.25) is 0 Å². The van der Waals surface area contributed by atoms with Gasteiger partial charge in [-0.25, -0.2) is 0 Å². The first-order valence-electron chi connectivity index (χ1n) is 19.6. The van der Waals surface area contributed by atoms with Crippen molar-refractivity contribution in [1.82, 2.24) is 0 Å². The summed E-state index contributed by atoms with van der Waals surface area (Å²) in [6, 6.07) is 0. The van der Waals surface area contributed by atoms with Crippen LogP contribution >= 0.6 is 0 Å². The van der Waals surface area contributed by atoms with Crippen LogP contribution in [0.1, 0.15) is 186 Å². The average Bonchev–Trinajstić information content (AvgIpc) is 2.94. The molecular formula is C40H72O10Sn. The van der Waals surface area contributed by atoms with Crippen molar-refractivity contribution in [3.8, 4) is 0 Å². The molecule has 1 spiro atoms. The first kappa shape index (κ1) is 45.8. The van der Waals surface area contributed by atoms with E-state index in [-0.39, 0.29) is 21.7 Å². The van der Waals surface area contributed by atoms with Gasteiger partial charge in [0.05, 0.1) is 0 Å². The van der Waals surface area contributed by atoms with Gasteiger partial charge in [0.25, 0.3) is 0 Å². The molecule has 2 saturated heterocycles. The number of unbranched alkanes of at least 4 members (excludes halogenated alkanes) is 4. The zero-order chi connectivity index (χ0) is 38.7. The predicted molar refractivity (Wildman–Crippen MR) is 199 cm³/mol. The molecule has 0 aromatic rings. The van der Waals surface area contributed by atoms with Crippen LogP contribution in [0.25, 0.3) is 0 Å². The van der Waals surface area contributed by atoms with Crippen molar-refractivity contribution in [3.63, 3.8) is 0 Å². The molecule has 0 radical (unpaired) electrons. The number of hydrogen-bond donors (Lipinski definition) is 0. The minimum atomic E-state index is -6.05. The Labute approximate surface area is 315 Å². The number of ether oxygens (including phenoxy) is 2. The Kier molecular flexibility index (Phi) is 17.8. The summed E-state index contributed by atoms with van der Waals surface area (Å²) >= 11 is -6.05. The van der Waals surface area contributed by atoms with Crippen molar-refractivity contribution >= 4 is 43.9 Å². The molecule has 11 heteroatoms. The van der Waals surface area contributed by atoms with Crippen molar-refractivity contribution in [2.75, 3.05) is 0 Å². The molecule has 2 heterocycles. The van der Waals surface area contributed by atoms with E-state index >= 15 is 0 Å². The van der Waals surface area contributed by atoms with Crippen LogP contribution in [0.5, 0.6) is 0 Å². The van der Waals surface area contributed by atoms with Crippen molar-refractivity contribution in [1.29, 1.82) is 0 Å². The maximum atomic E-state index is 13.8. The van der Waals surface area contributed by atoms with Crippen molar-refractivity contribution in [2.24, 2.45) is 21.7 Å². The third-order valence-corrected chi connectivity index (χ3v) is 14.3. The van der Waals surface area contributed by atoms with E-state index in [9.17, 15) is 19.2 Å². The van der Waals surface area contributed by atoms with Gasteiger partial charge in [-0.15, -0.1) is 0 Å². The van der Waals surface area contributed by atoms with Gasteiger partial charge in [0, 0.05) is 0 Å². The van der Waals surface area contributed by atoms with Crippen LogP contribution in [-0.4, -0.2) is 68.3 Å². The third-order valence-electron chi connectivity index (χ3n) is 9.18. The van der Waals surface area contributed by atoms with Gasteiger partial charge in [0.1, 0.15) is 0 Å². The molecule has 0 aliphatic carbocycles. The Hall–Kier alpha value is -1.40. The van der Waals surface area contributed by atoms with Crippen LogP contribution < -0.4 is 0 Å². The molecule has 0 aromatic heterocycles. The molecular weight excluding hydrogens is 759 g/mol. The maximum absolute atomic E-state index is 13.8. The monoisotopic (exact) mass is 832 g/mol. The molecule has 4 unspecified atom stereocenters. The van der Waals surface area contributed by atoms with E-state index in [0.717, 1.165) is 51.4 Å². The van der Waals surface area contributed by atoms with E-state index in [1.165, 1.54) is 0 Å². The Balaban J connectivity index is 2.40. The summed E-state index contributed by atoms with van der Waals surface area (Å²) in [6.45, 7) is 25.9. The van der Waals surface area contributed by atoms with Gasteiger partial charge < -0.3 is 0 Å². The predicted octanol–water partition coefficient (Wildman–Crippen LogP) is 9.56. The summed E-state index contributed by atoms with van der Waals surface area (Å²) < 4.78 is 35.4. The molecule has 10 nitrogen and oxygen atoms in total. The summed E-state index contributed by atoms with van der Waals surface area (Å²) in [6.07, 6.45) is 6.64. The average molecular weight is 832 g/mol. The first-order chi connectivity index (χ1) is 23.4. The van der Waals surface area contributed by atoms with Gasteiger partial charge >= 0.3 is 317 Å². The Morgan fingerprint density at radius 1 is 0.373 bits per heavy atom. The van der Waals surface area contributed by atoms with Crippen LogP contribution in [-0.2, 0) is 40.9 Å². The molecule has 0 bridgehead atoms. The Morgan fingerprint density at radius 2 is 0.569 bits per heavy atom. The minimum absolute atomic E-state index is 0.123.